The van der Waals surface area contributed by atoms with Crippen LogP contribution in [-0.4, -0.2) is 54.0 Å². The standard InChI is InChI=1S/C32H32F4N2O7/c33-21-14-22(34)30(36)31(29(21)35)45-16-25(39)23(15-28(41)42)38-32(43)24(13-18-7-2-1-3-8-18)37-27(40)17-44-26-12-6-10-19-9-4-5-11-20(19)26/h4-6,9-12,14,18,23-24H,1-3,7-8,13,15-17H2,(H,37,40)(H,38,43)(H,41,42)/t23?,24-/m0/s1. The highest BCUT2D eigenvalue weighted by molar-refractivity contribution is 5.95. The lowest BCUT2D eigenvalue weighted by molar-refractivity contribution is -0.141. The van der Waals surface area contributed by atoms with Crippen LogP contribution in [0.1, 0.15) is 44.9 Å². The second-order valence-corrected chi connectivity index (χ2v) is 10.8. The summed E-state index contributed by atoms with van der Waals surface area (Å²) >= 11 is 0. The first kappa shape index (κ1) is 33.2. The van der Waals surface area contributed by atoms with Crippen molar-refractivity contribution in [1.29, 1.82) is 0 Å². The van der Waals surface area contributed by atoms with Crippen molar-refractivity contribution in [3.05, 3.63) is 71.8 Å². The maximum absolute atomic E-state index is 14.0. The molecule has 240 valence electrons. The van der Waals surface area contributed by atoms with Gasteiger partial charge in [0.1, 0.15) is 24.4 Å². The minimum Gasteiger partial charge on any atom is -0.483 e. The van der Waals surface area contributed by atoms with Gasteiger partial charge in [-0.15, -0.1) is 0 Å². The second-order valence-electron chi connectivity index (χ2n) is 10.8. The Balaban J connectivity index is 1.45. The average Bonchev–Trinajstić information content (AvgIpc) is 3.02. The molecule has 3 aromatic carbocycles. The number of benzene rings is 3. The van der Waals surface area contributed by atoms with Crippen LogP contribution in [0.3, 0.4) is 0 Å². The molecule has 0 radical (unpaired) electrons. The molecule has 0 aromatic heterocycles. The van der Waals surface area contributed by atoms with Gasteiger partial charge in [0.25, 0.3) is 5.91 Å². The van der Waals surface area contributed by atoms with Gasteiger partial charge in [-0.2, -0.15) is 8.78 Å². The molecule has 0 spiro atoms. The van der Waals surface area contributed by atoms with Crippen molar-refractivity contribution in [2.75, 3.05) is 13.2 Å². The van der Waals surface area contributed by atoms with E-state index in [1.807, 2.05) is 30.3 Å². The van der Waals surface area contributed by atoms with Crippen LogP contribution in [0.2, 0.25) is 0 Å². The molecule has 9 nitrogen and oxygen atoms in total. The van der Waals surface area contributed by atoms with Gasteiger partial charge in [-0.25, -0.2) is 8.78 Å². The number of Topliss-reactive ketones (excluding diaryl/α,β-unsaturated/α-hetero) is 1. The molecule has 1 unspecified atom stereocenters. The average molecular weight is 633 g/mol. The number of halogens is 4. The van der Waals surface area contributed by atoms with Gasteiger partial charge in [0.2, 0.25) is 17.5 Å². The van der Waals surface area contributed by atoms with Gasteiger partial charge in [-0.1, -0.05) is 68.5 Å². The van der Waals surface area contributed by atoms with E-state index in [1.165, 1.54) is 0 Å². The molecular formula is C32H32F4N2O7. The maximum atomic E-state index is 14.0. The fourth-order valence-electron chi connectivity index (χ4n) is 5.30. The summed E-state index contributed by atoms with van der Waals surface area (Å²) in [6.07, 6.45) is 3.77. The molecule has 1 fully saturated rings. The van der Waals surface area contributed by atoms with Crippen molar-refractivity contribution >= 4 is 34.3 Å². The monoisotopic (exact) mass is 632 g/mol. The quantitative estimate of drug-likeness (QED) is 0.171. The number of amides is 2. The molecule has 3 N–H and O–H groups in total. The second kappa shape index (κ2) is 15.4. The number of rotatable bonds is 14. The van der Waals surface area contributed by atoms with Crippen molar-refractivity contribution in [3.63, 3.8) is 0 Å². The van der Waals surface area contributed by atoms with Gasteiger partial charge in [0.15, 0.2) is 29.8 Å². The number of ether oxygens (including phenoxy) is 2. The molecule has 1 aliphatic rings. The number of ketones is 1. The number of aliphatic carboxylic acids is 1. The molecule has 3 aromatic rings. The first-order chi connectivity index (χ1) is 21.5. The Bertz CT molecular complexity index is 1530. The van der Waals surface area contributed by atoms with Gasteiger partial charge in [-0.05, 0) is 23.8 Å². The SMILES string of the molecule is O=C(O)CC(NC(=O)[C@H](CC1CCCCC1)NC(=O)COc1cccc2ccccc12)C(=O)COc1c(F)c(F)cc(F)c1F. The molecule has 45 heavy (non-hydrogen) atoms. The topological polar surface area (TPSA) is 131 Å². The lowest BCUT2D eigenvalue weighted by Crippen LogP contribution is -2.54. The number of carbonyl (C=O) groups is 4. The molecule has 13 heteroatoms. The summed E-state index contributed by atoms with van der Waals surface area (Å²) in [5.41, 5.74) is 0. The Labute approximate surface area is 255 Å². The van der Waals surface area contributed by atoms with E-state index in [1.54, 1.807) is 12.1 Å². The molecule has 1 aliphatic carbocycles. The third-order valence-electron chi connectivity index (χ3n) is 7.57. The fourth-order valence-corrected chi connectivity index (χ4v) is 5.30. The number of hydrogen-bond acceptors (Lipinski definition) is 6. The van der Waals surface area contributed by atoms with Gasteiger partial charge in [-0.3, -0.25) is 19.2 Å². The predicted molar refractivity (Wildman–Crippen MR) is 154 cm³/mol. The highest BCUT2D eigenvalue weighted by Gasteiger charge is 2.31. The van der Waals surface area contributed by atoms with Crippen LogP contribution in [0, 0.1) is 29.2 Å². The Morgan fingerprint density at radius 3 is 2.18 bits per heavy atom. The molecule has 0 bridgehead atoms. The van der Waals surface area contributed by atoms with E-state index >= 15 is 0 Å². The van der Waals surface area contributed by atoms with E-state index in [4.69, 9.17) is 4.74 Å². The zero-order valence-corrected chi connectivity index (χ0v) is 24.1. The summed E-state index contributed by atoms with van der Waals surface area (Å²) in [6, 6.07) is 9.79. The van der Waals surface area contributed by atoms with E-state index in [0.29, 0.717) is 5.75 Å². The van der Waals surface area contributed by atoms with Gasteiger partial charge >= 0.3 is 5.97 Å². The van der Waals surface area contributed by atoms with Crippen LogP contribution < -0.4 is 20.1 Å². The zero-order valence-electron chi connectivity index (χ0n) is 24.1. The van der Waals surface area contributed by atoms with E-state index in [-0.39, 0.29) is 18.4 Å². The highest BCUT2D eigenvalue weighted by Crippen LogP contribution is 2.29. The van der Waals surface area contributed by atoms with Crippen LogP contribution >= 0.6 is 0 Å². The summed E-state index contributed by atoms with van der Waals surface area (Å²) in [7, 11) is 0. The number of carboxylic acids is 1. The molecule has 4 rings (SSSR count). The number of carboxylic acid groups (broad SMARTS) is 1. The lowest BCUT2D eigenvalue weighted by Gasteiger charge is -2.28. The van der Waals surface area contributed by atoms with Crippen molar-refractivity contribution < 1.29 is 51.3 Å². The molecular weight excluding hydrogens is 600 g/mol. The Morgan fingerprint density at radius 2 is 1.49 bits per heavy atom. The van der Waals surface area contributed by atoms with Crippen LogP contribution in [-0.2, 0) is 19.2 Å². The normalized spacial score (nSPS) is 14.8. The van der Waals surface area contributed by atoms with E-state index in [0.717, 1.165) is 42.9 Å². The van der Waals surface area contributed by atoms with Gasteiger partial charge in [0.05, 0.1) is 6.42 Å². The molecule has 0 heterocycles. The molecule has 2 atom stereocenters. The van der Waals surface area contributed by atoms with E-state index < -0.39 is 84.3 Å². The van der Waals surface area contributed by atoms with Crippen molar-refractivity contribution in [2.24, 2.45) is 5.92 Å². The van der Waals surface area contributed by atoms with Crippen LogP contribution in [0.25, 0.3) is 10.8 Å². The molecule has 0 saturated heterocycles. The molecule has 1 saturated carbocycles. The fraction of sp³-hybridized carbons (Fsp3) is 0.375. The van der Waals surface area contributed by atoms with E-state index in [2.05, 4.69) is 15.4 Å². The summed E-state index contributed by atoms with van der Waals surface area (Å²) < 4.78 is 65.4. The van der Waals surface area contributed by atoms with Crippen molar-refractivity contribution in [2.45, 2.75) is 57.0 Å². The zero-order chi connectivity index (χ0) is 32.5. The first-order valence-electron chi connectivity index (χ1n) is 14.4. The molecule has 2 amide bonds. The molecule has 0 aliphatic heterocycles. The Kier molecular flexibility index (Phi) is 11.3. The highest BCUT2D eigenvalue weighted by atomic mass is 19.2. The minimum atomic E-state index is -1.89. The largest absolute Gasteiger partial charge is 0.483 e. The number of hydrogen-bond donors (Lipinski definition) is 3. The van der Waals surface area contributed by atoms with E-state index in [9.17, 15) is 41.8 Å². The maximum Gasteiger partial charge on any atom is 0.305 e. The lowest BCUT2D eigenvalue weighted by atomic mass is 9.84. The van der Waals surface area contributed by atoms with Crippen LogP contribution in [0.4, 0.5) is 17.6 Å². The van der Waals surface area contributed by atoms with Gasteiger partial charge < -0.3 is 25.2 Å². The number of nitrogens with one attached hydrogen (secondary N) is 2. The van der Waals surface area contributed by atoms with Crippen molar-refractivity contribution in [1.82, 2.24) is 10.6 Å². The van der Waals surface area contributed by atoms with Gasteiger partial charge in [0, 0.05) is 11.5 Å². The third kappa shape index (κ3) is 8.93. The number of fused-ring (bicyclic) bond motifs is 1. The third-order valence-corrected chi connectivity index (χ3v) is 7.57. The number of carbonyl (C=O) groups excluding carboxylic acids is 3. The van der Waals surface area contributed by atoms with Crippen LogP contribution in [0.5, 0.6) is 11.5 Å². The summed E-state index contributed by atoms with van der Waals surface area (Å²) in [4.78, 5) is 50.7. The van der Waals surface area contributed by atoms with Crippen molar-refractivity contribution in [3.8, 4) is 11.5 Å². The predicted octanol–water partition coefficient (Wildman–Crippen LogP) is 4.84. The summed E-state index contributed by atoms with van der Waals surface area (Å²) in [5.74, 6) is -12.4. The first-order valence-corrected chi connectivity index (χ1v) is 14.4. The smallest absolute Gasteiger partial charge is 0.305 e. The summed E-state index contributed by atoms with van der Waals surface area (Å²) in [6.45, 7) is -1.65. The Morgan fingerprint density at radius 1 is 0.822 bits per heavy atom. The minimum absolute atomic E-state index is 0.0410. The Hall–Kier alpha value is -4.68. The summed E-state index contributed by atoms with van der Waals surface area (Å²) in [5, 5.41) is 15.9. The van der Waals surface area contributed by atoms with Crippen LogP contribution in [0.15, 0.2) is 48.5 Å².